The van der Waals surface area contributed by atoms with Crippen LogP contribution >= 0.6 is 23.2 Å². The molecule has 0 atom stereocenters. The number of imide groups is 1. The number of nitrogens with zero attached hydrogens (tertiary/aromatic N) is 1. The van der Waals surface area contributed by atoms with E-state index < -0.39 is 11.8 Å². The van der Waals surface area contributed by atoms with Crippen LogP contribution in [0, 0.1) is 0 Å². The minimum atomic E-state index is -0.625. The van der Waals surface area contributed by atoms with Gasteiger partial charge in [-0.15, -0.1) is 0 Å². The minimum Gasteiger partial charge on any atom is -0.497 e. The largest absolute Gasteiger partial charge is 0.497 e. The van der Waals surface area contributed by atoms with Gasteiger partial charge in [0.05, 0.1) is 17.8 Å². The summed E-state index contributed by atoms with van der Waals surface area (Å²) >= 11 is 12.2. The standard InChI is InChI=1S/C17H12Cl2N2O3/c1-24-11-6-4-5-10(9-11)20-15-14(19)16(22)21(17(15)23)13-8-3-2-7-12(13)18/h2-9,20H,1H3. The van der Waals surface area contributed by atoms with E-state index >= 15 is 0 Å². The maximum atomic E-state index is 12.6. The molecule has 7 heteroatoms. The molecule has 1 aliphatic rings. The number of para-hydroxylation sites is 1. The van der Waals surface area contributed by atoms with Gasteiger partial charge in [0.25, 0.3) is 11.8 Å². The average Bonchev–Trinajstić information content (AvgIpc) is 2.79. The van der Waals surface area contributed by atoms with E-state index in [4.69, 9.17) is 27.9 Å². The van der Waals surface area contributed by atoms with Gasteiger partial charge in [-0.3, -0.25) is 9.59 Å². The summed E-state index contributed by atoms with van der Waals surface area (Å²) in [5.41, 5.74) is 0.856. The van der Waals surface area contributed by atoms with Crippen LogP contribution in [0.4, 0.5) is 11.4 Å². The first-order chi connectivity index (χ1) is 11.5. The van der Waals surface area contributed by atoms with Crippen molar-refractivity contribution in [1.82, 2.24) is 0 Å². The highest BCUT2D eigenvalue weighted by Crippen LogP contribution is 2.34. The molecule has 2 amide bonds. The van der Waals surface area contributed by atoms with Gasteiger partial charge >= 0.3 is 0 Å². The van der Waals surface area contributed by atoms with Gasteiger partial charge < -0.3 is 10.1 Å². The van der Waals surface area contributed by atoms with E-state index in [1.165, 1.54) is 7.11 Å². The first-order valence-corrected chi connectivity index (χ1v) is 7.72. The van der Waals surface area contributed by atoms with Crippen molar-refractivity contribution in [1.29, 1.82) is 0 Å². The Morgan fingerprint density at radius 3 is 2.46 bits per heavy atom. The lowest BCUT2D eigenvalue weighted by molar-refractivity contribution is -0.120. The number of carbonyl (C=O) groups is 2. The predicted octanol–water partition coefficient (Wildman–Crippen LogP) is 3.78. The summed E-state index contributed by atoms with van der Waals surface area (Å²) in [5, 5.41) is 2.97. The summed E-state index contributed by atoms with van der Waals surface area (Å²) in [5.74, 6) is -0.586. The maximum absolute atomic E-state index is 12.6. The second-order valence-electron chi connectivity index (χ2n) is 4.94. The summed E-state index contributed by atoms with van der Waals surface area (Å²) in [4.78, 5) is 26.0. The molecule has 0 saturated carbocycles. The van der Waals surface area contributed by atoms with E-state index in [0.29, 0.717) is 11.4 Å². The molecule has 1 aliphatic heterocycles. The van der Waals surface area contributed by atoms with E-state index in [0.717, 1.165) is 4.90 Å². The third-order valence-corrected chi connectivity index (χ3v) is 4.13. The third-order valence-electron chi connectivity index (χ3n) is 3.46. The van der Waals surface area contributed by atoms with Crippen molar-refractivity contribution in [2.24, 2.45) is 0 Å². The molecule has 3 rings (SSSR count). The van der Waals surface area contributed by atoms with Crippen LogP contribution < -0.4 is 15.0 Å². The second-order valence-corrected chi connectivity index (χ2v) is 5.73. The molecule has 24 heavy (non-hydrogen) atoms. The molecule has 0 aromatic heterocycles. The first kappa shape index (κ1) is 16.4. The lowest BCUT2D eigenvalue weighted by atomic mass is 10.2. The van der Waals surface area contributed by atoms with Gasteiger partial charge in [-0.25, -0.2) is 4.90 Å². The molecule has 0 radical (unpaired) electrons. The smallest absolute Gasteiger partial charge is 0.283 e. The van der Waals surface area contributed by atoms with Crippen LogP contribution in [-0.2, 0) is 9.59 Å². The predicted molar refractivity (Wildman–Crippen MR) is 93.4 cm³/mol. The zero-order valence-electron chi connectivity index (χ0n) is 12.5. The molecule has 2 aromatic rings. The Morgan fingerprint density at radius 2 is 1.75 bits per heavy atom. The first-order valence-electron chi connectivity index (χ1n) is 6.97. The molecule has 2 aromatic carbocycles. The lowest BCUT2D eigenvalue weighted by Gasteiger charge is -2.16. The van der Waals surface area contributed by atoms with Crippen molar-refractivity contribution in [2.75, 3.05) is 17.3 Å². The molecular weight excluding hydrogens is 351 g/mol. The van der Waals surface area contributed by atoms with E-state index in [9.17, 15) is 9.59 Å². The summed E-state index contributed by atoms with van der Waals surface area (Å²) in [6.45, 7) is 0. The summed E-state index contributed by atoms with van der Waals surface area (Å²) in [6, 6.07) is 13.5. The van der Waals surface area contributed by atoms with Crippen LogP contribution in [0.3, 0.4) is 0 Å². The van der Waals surface area contributed by atoms with Crippen LogP contribution in [0.5, 0.6) is 5.75 Å². The fourth-order valence-corrected chi connectivity index (χ4v) is 2.74. The zero-order valence-corrected chi connectivity index (χ0v) is 14.1. The number of benzene rings is 2. The normalized spacial score (nSPS) is 14.4. The molecule has 1 N–H and O–H groups in total. The number of anilines is 2. The van der Waals surface area contributed by atoms with Crippen molar-refractivity contribution in [3.05, 3.63) is 64.3 Å². The Hall–Kier alpha value is -2.50. The fourth-order valence-electron chi connectivity index (χ4n) is 2.31. The Bertz CT molecular complexity index is 864. The molecule has 0 unspecified atom stereocenters. The van der Waals surface area contributed by atoms with Gasteiger partial charge in [-0.2, -0.15) is 0 Å². The molecule has 0 spiro atoms. The molecule has 0 bridgehead atoms. The molecule has 0 fully saturated rings. The highest BCUT2D eigenvalue weighted by Gasteiger charge is 2.39. The number of nitrogens with one attached hydrogen (secondary N) is 1. The van der Waals surface area contributed by atoms with Crippen LogP contribution in [0.1, 0.15) is 0 Å². The van der Waals surface area contributed by atoms with Crippen molar-refractivity contribution >= 4 is 46.4 Å². The number of hydrogen-bond acceptors (Lipinski definition) is 4. The van der Waals surface area contributed by atoms with Crippen molar-refractivity contribution in [3.8, 4) is 5.75 Å². The minimum absolute atomic E-state index is 0.00478. The number of carbonyl (C=O) groups excluding carboxylic acids is 2. The van der Waals surface area contributed by atoms with Crippen LogP contribution in [0.2, 0.25) is 5.02 Å². The summed E-state index contributed by atoms with van der Waals surface area (Å²) < 4.78 is 5.13. The van der Waals surface area contributed by atoms with Gasteiger partial charge in [-0.1, -0.05) is 41.4 Å². The van der Waals surface area contributed by atoms with Gasteiger partial charge in [0.1, 0.15) is 16.5 Å². The molecule has 0 saturated heterocycles. The lowest BCUT2D eigenvalue weighted by Crippen LogP contribution is -2.32. The van der Waals surface area contributed by atoms with Crippen molar-refractivity contribution < 1.29 is 14.3 Å². The number of ether oxygens (including phenoxy) is 1. The highest BCUT2D eigenvalue weighted by molar-refractivity contribution is 6.53. The Kier molecular flexibility index (Phi) is 4.46. The Balaban J connectivity index is 1.93. The van der Waals surface area contributed by atoms with Crippen molar-refractivity contribution in [3.63, 3.8) is 0 Å². The van der Waals surface area contributed by atoms with Gasteiger partial charge in [0, 0.05) is 11.8 Å². The third kappa shape index (κ3) is 2.84. The number of hydrogen-bond donors (Lipinski definition) is 1. The molecule has 122 valence electrons. The number of methoxy groups -OCH3 is 1. The molecule has 0 aliphatic carbocycles. The number of rotatable bonds is 4. The van der Waals surface area contributed by atoms with E-state index in [-0.39, 0.29) is 21.4 Å². The zero-order chi connectivity index (χ0) is 17.3. The summed E-state index contributed by atoms with van der Waals surface area (Å²) in [6.07, 6.45) is 0. The number of halogens is 2. The van der Waals surface area contributed by atoms with Crippen LogP contribution in [0.25, 0.3) is 0 Å². The maximum Gasteiger partial charge on any atom is 0.283 e. The van der Waals surface area contributed by atoms with E-state index in [2.05, 4.69) is 5.32 Å². The van der Waals surface area contributed by atoms with Gasteiger partial charge in [-0.05, 0) is 24.3 Å². The van der Waals surface area contributed by atoms with Crippen LogP contribution in [0.15, 0.2) is 59.3 Å². The fraction of sp³-hybridized carbons (Fsp3) is 0.0588. The monoisotopic (exact) mass is 362 g/mol. The van der Waals surface area contributed by atoms with E-state index in [1.807, 2.05) is 0 Å². The highest BCUT2D eigenvalue weighted by atomic mass is 35.5. The average molecular weight is 363 g/mol. The van der Waals surface area contributed by atoms with Gasteiger partial charge in [0.2, 0.25) is 0 Å². The second kappa shape index (κ2) is 6.55. The number of amides is 2. The van der Waals surface area contributed by atoms with Crippen LogP contribution in [-0.4, -0.2) is 18.9 Å². The topological polar surface area (TPSA) is 58.6 Å². The van der Waals surface area contributed by atoms with E-state index in [1.54, 1.807) is 48.5 Å². The summed E-state index contributed by atoms with van der Waals surface area (Å²) in [7, 11) is 1.54. The van der Waals surface area contributed by atoms with Crippen molar-refractivity contribution in [2.45, 2.75) is 0 Å². The molecule has 5 nitrogen and oxygen atoms in total. The molecular formula is C17H12Cl2N2O3. The quantitative estimate of drug-likeness (QED) is 0.840. The van der Waals surface area contributed by atoms with Gasteiger partial charge in [0.15, 0.2) is 0 Å². The SMILES string of the molecule is COc1cccc(NC2=C(Cl)C(=O)N(c3ccccc3Cl)C2=O)c1. The Morgan fingerprint density at radius 1 is 1.00 bits per heavy atom. The molecule has 1 heterocycles. The Labute approximate surface area is 148 Å².